The molecule has 2 aliphatic heterocycles. The van der Waals surface area contributed by atoms with Crippen LogP contribution in [0.25, 0.3) is 0 Å². The van der Waals surface area contributed by atoms with Crippen LogP contribution < -0.4 is 10.3 Å². The van der Waals surface area contributed by atoms with Crippen molar-refractivity contribution in [1.82, 2.24) is 10.2 Å². The molecule has 1 N–H and O–H groups in total. The zero-order valence-corrected chi connectivity index (χ0v) is 20.9. The third-order valence-corrected chi connectivity index (χ3v) is 7.07. The van der Waals surface area contributed by atoms with E-state index in [-0.39, 0.29) is 23.5 Å². The van der Waals surface area contributed by atoms with Crippen molar-refractivity contribution in [3.05, 3.63) is 65.5 Å². The molecule has 2 aromatic carbocycles. The summed E-state index contributed by atoms with van der Waals surface area (Å²) in [5.41, 5.74) is -0.0865. The first-order valence-corrected chi connectivity index (χ1v) is 12.4. The maximum absolute atomic E-state index is 15.0. The first-order chi connectivity index (χ1) is 17.2. The van der Waals surface area contributed by atoms with Crippen LogP contribution in [0.2, 0.25) is 0 Å². The number of anilines is 1. The molecular weight excluding hydrogens is 469 g/mol. The number of benzene rings is 2. The fourth-order valence-corrected chi connectivity index (χ4v) is 4.99. The molecule has 0 spiro atoms. The van der Waals surface area contributed by atoms with Gasteiger partial charge >= 0.3 is 0 Å². The van der Waals surface area contributed by atoms with E-state index in [1.54, 1.807) is 19.1 Å². The molecule has 0 radical (unpaired) electrons. The van der Waals surface area contributed by atoms with Gasteiger partial charge in [0.05, 0.1) is 24.1 Å². The van der Waals surface area contributed by atoms with Gasteiger partial charge in [-0.25, -0.2) is 18.2 Å². The number of halogens is 3. The van der Waals surface area contributed by atoms with E-state index in [1.165, 1.54) is 23.2 Å². The Kier molecular flexibility index (Phi) is 8.00. The van der Waals surface area contributed by atoms with E-state index in [1.807, 2.05) is 7.05 Å². The average molecular weight is 503 g/mol. The quantitative estimate of drug-likeness (QED) is 0.584. The fraction of sp³-hybridized carbons (Fsp3) is 0.481. The van der Waals surface area contributed by atoms with E-state index in [2.05, 4.69) is 17.1 Å². The lowest BCUT2D eigenvalue weighted by Gasteiger charge is -2.38. The van der Waals surface area contributed by atoms with Crippen molar-refractivity contribution in [1.29, 1.82) is 0 Å². The molecule has 2 aromatic rings. The number of carbonyl (C=O) groups excluding carboxylic acids is 1. The normalized spacial score (nSPS) is 24.6. The number of carbonyl (C=O) groups is 1. The van der Waals surface area contributed by atoms with E-state index in [4.69, 9.17) is 9.84 Å². The number of likely N-dealkylation sites (N-methyl/N-ethyl adjacent to an activating group) is 1. The Balaban J connectivity index is 1.73. The highest BCUT2D eigenvalue weighted by atomic mass is 19.1. The summed E-state index contributed by atoms with van der Waals surface area (Å²) < 4.78 is 48.2. The monoisotopic (exact) mass is 502 g/mol. The minimum absolute atomic E-state index is 0.00121. The van der Waals surface area contributed by atoms with Gasteiger partial charge in [0.25, 0.3) is 0 Å². The van der Waals surface area contributed by atoms with Gasteiger partial charge in [-0.1, -0.05) is 31.9 Å². The number of nitrogens with one attached hydrogen (secondary N) is 1. The summed E-state index contributed by atoms with van der Waals surface area (Å²) in [5, 5.41) is 9.11. The number of rotatable bonds is 8. The molecule has 0 aliphatic carbocycles. The smallest absolute Gasteiger partial charge is 0.248 e. The summed E-state index contributed by atoms with van der Waals surface area (Å²) >= 11 is 0. The highest BCUT2D eigenvalue weighted by molar-refractivity contribution is 6.10. The van der Waals surface area contributed by atoms with Crippen LogP contribution in [0.1, 0.15) is 38.7 Å². The highest BCUT2D eigenvalue weighted by Crippen LogP contribution is 2.42. The standard InChI is InChI=1S/C27H33F3N4O2/c1-4-5-6-22-25(18-7-9-19(28)10-8-18)32-34(24-12-11-20(29)15-23(24)30)27(22,2)26(35)31-16-21-17-33(3)13-14-36-21/h7-12,15,21-22H,4-6,13-14,16-17H2,1-3H3,(H,31,35). The number of unbranched alkanes of at least 4 members (excludes halogenated alkanes) is 1. The van der Waals surface area contributed by atoms with Crippen LogP contribution in [0.5, 0.6) is 0 Å². The summed E-state index contributed by atoms with van der Waals surface area (Å²) in [6.45, 7) is 6.18. The lowest BCUT2D eigenvalue weighted by Crippen LogP contribution is -2.59. The predicted molar refractivity (Wildman–Crippen MR) is 133 cm³/mol. The molecule has 0 saturated carbocycles. The molecule has 2 aliphatic rings. The Hall–Kier alpha value is -2.91. The lowest BCUT2D eigenvalue weighted by molar-refractivity contribution is -0.128. The Labute approximate surface area is 210 Å². The Morgan fingerprint density at radius 3 is 2.56 bits per heavy atom. The Morgan fingerprint density at radius 1 is 1.17 bits per heavy atom. The van der Waals surface area contributed by atoms with E-state index in [0.29, 0.717) is 37.4 Å². The molecule has 3 atom stereocenters. The SMILES string of the molecule is CCCCC1C(c2ccc(F)cc2)=NN(c2ccc(F)cc2F)C1(C)C(=O)NCC1CN(C)CCO1. The zero-order valence-electron chi connectivity index (χ0n) is 20.9. The van der Waals surface area contributed by atoms with Crippen LogP contribution in [0, 0.1) is 23.4 Å². The first kappa shape index (κ1) is 26.2. The first-order valence-electron chi connectivity index (χ1n) is 12.4. The number of ether oxygens (including phenoxy) is 1. The molecular formula is C27H33F3N4O2. The molecule has 2 heterocycles. The minimum atomic E-state index is -1.31. The van der Waals surface area contributed by atoms with Crippen molar-refractivity contribution < 1.29 is 22.7 Å². The molecule has 36 heavy (non-hydrogen) atoms. The zero-order chi connectivity index (χ0) is 25.9. The number of nitrogens with zero attached hydrogens (tertiary/aromatic N) is 3. The summed E-state index contributed by atoms with van der Waals surface area (Å²) in [6.07, 6.45) is 2.14. The Bertz CT molecular complexity index is 1110. The van der Waals surface area contributed by atoms with Gasteiger partial charge in [0, 0.05) is 31.6 Å². The molecule has 9 heteroatoms. The van der Waals surface area contributed by atoms with Gasteiger partial charge < -0.3 is 15.0 Å². The molecule has 4 rings (SSSR count). The van der Waals surface area contributed by atoms with Crippen LogP contribution in [-0.2, 0) is 9.53 Å². The predicted octanol–water partition coefficient (Wildman–Crippen LogP) is 4.34. The van der Waals surface area contributed by atoms with Crippen molar-refractivity contribution in [2.45, 2.75) is 44.8 Å². The second kappa shape index (κ2) is 11.0. The van der Waals surface area contributed by atoms with Gasteiger partial charge in [0.1, 0.15) is 17.2 Å². The van der Waals surface area contributed by atoms with E-state index in [9.17, 15) is 13.6 Å². The van der Waals surface area contributed by atoms with Crippen molar-refractivity contribution >= 4 is 17.3 Å². The third kappa shape index (κ3) is 5.27. The number of hydrazone groups is 1. The van der Waals surface area contributed by atoms with Crippen molar-refractivity contribution in [3.63, 3.8) is 0 Å². The number of hydrogen-bond acceptors (Lipinski definition) is 5. The lowest BCUT2D eigenvalue weighted by atomic mass is 9.77. The number of amides is 1. The molecule has 3 unspecified atom stereocenters. The maximum atomic E-state index is 15.0. The van der Waals surface area contributed by atoms with Crippen LogP contribution in [0.15, 0.2) is 47.6 Å². The minimum Gasteiger partial charge on any atom is -0.374 e. The third-order valence-electron chi connectivity index (χ3n) is 7.07. The summed E-state index contributed by atoms with van der Waals surface area (Å²) in [5.74, 6) is -2.66. The van der Waals surface area contributed by atoms with Gasteiger partial charge in [-0.2, -0.15) is 5.10 Å². The summed E-state index contributed by atoms with van der Waals surface area (Å²) in [7, 11) is 2.00. The van der Waals surface area contributed by atoms with E-state index < -0.39 is 23.1 Å². The van der Waals surface area contributed by atoms with Crippen LogP contribution in [0.4, 0.5) is 18.9 Å². The van der Waals surface area contributed by atoms with Gasteiger partial charge in [-0.15, -0.1) is 0 Å². The number of hydrogen-bond donors (Lipinski definition) is 1. The molecule has 1 saturated heterocycles. The average Bonchev–Trinajstić information content (AvgIpc) is 3.14. The largest absolute Gasteiger partial charge is 0.374 e. The molecule has 194 valence electrons. The second-order valence-corrected chi connectivity index (χ2v) is 9.71. The molecule has 0 aromatic heterocycles. The van der Waals surface area contributed by atoms with Crippen LogP contribution in [0.3, 0.4) is 0 Å². The van der Waals surface area contributed by atoms with Gasteiger partial charge in [0.15, 0.2) is 5.82 Å². The maximum Gasteiger partial charge on any atom is 0.248 e. The molecule has 1 fully saturated rings. The van der Waals surface area contributed by atoms with Gasteiger partial charge in [0.2, 0.25) is 5.91 Å². The second-order valence-electron chi connectivity index (χ2n) is 9.71. The van der Waals surface area contributed by atoms with Gasteiger partial charge in [-0.3, -0.25) is 4.79 Å². The Morgan fingerprint density at radius 2 is 1.89 bits per heavy atom. The molecule has 0 bridgehead atoms. The molecule has 1 amide bonds. The van der Waals surface area contributed by atoms with E-state index >= 15 is 4.39 Å². The number of morpholine rings is 1. The fourth-order valence-electron chi connectivity index (χ4n) is 4.99. The summed E-state index contributed by atoms with van der Waals surface area (Å²) in [6, 6.07) is 9.13. The van der Waals surface area contributed by atoms with Crippen LogP contribution in [-0.4, -0.2) is 61.5 Å². The highest BCUT2D eigenvalue weighted by Gasteiger charge is 2.54. The van der Waals surface area contributed by atoms with Crippen molar-refractivity contribution in [2.75, 3.05) is 38.3 Å². The van der Waals surface area contributed by atoms with Crippen molar-refractivity contribution in [3.8, 4) is 0 Å². The summed E-state index contributed by atoms with van der Waals surface area (Å²) in [4.78, 5) is 16.0. The van der Waals surface area contributed by atoms with E-state index in [0.717, 1.165) is 31.5 Å². The van der Waals surface area contributed by atoms with Crippen molar-refractivity contribution in [2.24, 2.45) is 11.0 Å². The van der Waals surface area contributed by atoms with Gasteiger partial charge in [-0.05, 0) is 50.2 Å². The topological polar surface area (TPSA) is 57.2 Å². The molecule has 6 nitrogen and oxygen atoms in total. The van der Waals surface area contributed by atoms with Crippen LogP contribution >= 0.6 is 0 Å².